The zero-order valence-corrected chi connectivity index (χ0v) is 14.2. The van der Waals surface area contributed by atoms with Gasteiger partial charge in [0.05, 0.1) is 21.7 Å². The minimum Gasteiger partial charge on any atom is -0.330 e. The van der Waals surface area contributed by atoms with Gasteiger partial charge in [0, 0.05) is 10.5 Å². The molecule has 0 saturated heterocycles. The molecular formula is C15H11BrClFN2S. The molecule has 0 bridgehead atoms. The van der Waals surface area contributed by atoms with Crippen molar-refractivity contribution >= 4 is 50.8 Å². The number of aromatic amines is 1. The maximum atomic E-state index is 13.8. The molecule has 0 saturated carbocycles. The van der Waals surface area contributed by atoms with Crippen LogP contribution in [0.1, 0.15) is 12.5 Å². The van der Waals surface area contributed by atoms with Crippen LogP contribution in [0, 0.1) is 10.6 Å². The van der Waals surface area contributed by atoms with Crippen LogP contribution in [-0.2, 0) is 6.42 Å². The van der Waals surface area contributed by atoms with Gasteiger partial charge in [-0.25, -0.2) is 4.39 Å². The number of halogens is 3. The molecule has 3 rings (SSSR count). The normalized spacial score (nSPS) is 11.2. The third-order valence-electron chi connectivity index (χ3n) is 3.39. The van der Waals surface area contributed by atoms with Crippen LogP contribution in [-0.4, -0.2) is 9.55 Å². The van der Waals surface area contributed by atoms with E-state index in [0.29, 0.717) is 10.3 Å². The van der Waals surface area contributed by atoms with E-state index in [1.54, 1.807) is 6.07 Å². The SMILES string of the molecule is CCc1cc(Br)ccc1-n1c(=S)[nH]c2cc(Cl)c(F)cc21. The molecule has 108 valence electrons. The van der Waals surface area contributed by atoms with Crippen LogP contribution < -0.4 is 0 Å². The average Bonchev–Trinajstić information content (AvgIpc) is 2.75. The Morgan fingerprint density at radius 2 is 2.10 bits per heavy atom. The van der Waals surface area contributed by atoms with Gasteiger partial charge in [-0.15, -0.1) is 0 Å². The number of aromatic nitrogens is 2. The summed E-state index contributed by atoms with van der Waals surface area (Å²) >= 11 is 14.7. The number of hydrogen-bond acceptors (Lipinski definition) is 1. The first-order valence-electron chi connectivity index (χ1n) is 6.40. The fraction of sp³-hybridized carbons (Fsp3) is 0.133. The van der Waals surface area contributed by atoms with E-state index in [1.165, 1.54) is 6.07 Å². The summed E-state index contributed by atoms with van der Waals surface area (Å²) in [5.41, 5.74) is 3.46. The van der Waals surface area contributed by atoms with E-state index in [2.05, 4.69) is 27.8 Å². The summed E-state index contributed by atoms with van der Waals surface area (Å²) in [4.78, 5) is 3.07. The van der Waals surface area contributed by atoms with Gasteiger partial charge in [0.2, 0.25) is 0 Å². The van der Waals surface area contributed by atoms with Crippen molar-refractivity contribution in [3.05, 3.63) is 56.0 Å². The fourth-order valence-electron chi connectivity index (χ4n) is 2.40. The minimum absolute atomic E-state index is 0.0809. The maximum absolute atomic E-state index is 13.8. The highest BCUT2D eigenvalue weighted by molar-refractivity contribution is 9.10. The molecule has 21 heavy (non-hydrogen) atoms. The number of nitrogens with one attached hydrogen (secondary N) is 1. The molecule has 1 aromatic heterocycles. The largest absolute Gasteiger partial charge is 0.330 e. The van der Waals surface area contributed by atoms with Crippen LogP contribution in [0.25, 0.3) is 16.7 Å². The highest BCUT2D eigenvalue weighted by Crippen LogP contribution is 2.28. The summed E-state index contributed by atoms with van der Waals surface area (Å²) in [7, 11) is 0. The van der Waals surface area contributed by atoms with Crippen molar-refractivity contribution in [1.29, 1.82) is 0 Å². The molecule has 0 aliphatic heterocycles. The van der Waals surface area contributed by atoms with Crippen molar-refractivity contribution in [2.24, 2.45) is 0 Å². The molecule has 6 heteroatoms. The lowest BCUT2D eigenvalue weighted by molar-refractivity contribution is 0.629. The van der Waals surface area contributed by atoms with Gasteiger partial charge >= 0.3 is 0 Å². The smallest absolute Gasteiger partial charge is 0.182 e. The van der Waals surface area contributed by atoms with Gasteiger partial charge in [-0.3, -0.25) is 4.57 Å². The van der Waals surface area contributed by atoms with Crippen molar-refractivity contribution in [2.45, 2.75) is 13.3 Å². The van der Waals surface area contributed by atoms with Crippen molar-refractivity contribution in [3.8, 4) is 5.69 Å². The summed E-state index contributed by atoms with van der Waals surface area (Å²) in [5.74, 6) is -0.456. The van der Waals surface area contributed by atoms with Crippen molar-refractivity contribution in [2.75, 3.05) is 0 Å². The first kappa shape index (κ1) is 14.8. The number of nitrogens with zero attached hydrogens (tertiary/aromatic N) is 1. The Hall–Kier alpha value is -1.17. The Kier molecular flexibility index (Phi) is 3.90. The topological polar surface area (TPSA) is 20.7 Å². The minimum atomic E-state index is -0.456. The third-order valence-corrected chi connectivity index (χ3v) is 4.46. The van der Waals surface area contributed by atoms with E-state index in [9.17, 15) is 4.39 Å². The number of imidazole rings is 1. The Bertz CT molecular complexity index is 901. The molecule has 3 aromatic rings. The molecule has 0 spiro atoms. The molecule has 0 radical (unpaired) electrons. The van der Waals surface area contributed by atoms with E-state index in [1.807, 2.05) is 22.8 Å². The number of benzene rings is 2. The monoisotopic (exact) mass is 384 g/mol. The lowest BCUT2D eigenvalue weighted by Crippen LogP contribution is -1.99. The maximum Gasteiger partial charge on any atom is 0.182 e. The highest BCUT2D eigenvalue weighted by Gasteiger charge is 2.13. The number of rotatable bonds is 2. The lowest BCUT2D eigenvalue weighted by Gasteiger charge is -2.11. The van der Waals surface area contributed by atoms with E-state index in [4.69, 9.17) is 23.8 Å². The predicted octanol–water partition coefficient (Wildman–Crippen LogP) is 5.81. The van der Waals surface area contributed by atoms with Gasteiger partial charge in [0.25, 0.3) is 0 Å². The second-order valence-corrected chi connectivity index (χ2v) is 6.39. The number of fused-ring (bicyclic) bond motifs is 1. The molecule has 0 amide bonds. The van der Waals surface area contributed by atoms with E-state index in [0.717, 1.165) is 27.7 Å². The molecule has 0 fully saturated rings. The Morgan fingerprint density at radius 1 is 1.33 bits per heavy atom. The molecule has 0 atom stereocenters. The van der Waals surface area contributed by atoms with Crippen molar-refractivity contribution < 1.29 is 4.39 Å². The van der Waals surface area contributed by atoms with Gasteiger partial charge in [0.15, 0.2) is 4.77 Å². The molecule has 0 aliphatic carbocycles. The number of aryl methyl sites for hydroxylation is 1. The first-order valence-corrected chi connectivity index (χ1v) is 7.97. The third kappa shape index (κ3) is 2.54. The molecule has 0 unspecified atom stereocenters. The first-order chi connectivity index (χ1) is 10.0. The van der Waals surface area contributed by atoms with Crippen LogP contribution >= 0.6 is 39.7 Å². The molecule has 0 aliphatic rings. The lowest BCUT2D eigenvalue weighted by atomic mass is 10.1. The molecule has 2 aromatic carbocycles. The van der Waals surface area contributed by atoms with Crippen LogP contribution in [0.2, 0.25) is 5.02 Å². The second-order valence-electron chi connectivity index (χ2n) is 4.68. The van der Waals surface area contributed by atoms with E-state index >= 15 is 0 Å². The standard InChI is InChI=1S/C15H11BrClFN2S/c1-2-8-5-9(16)3-4-13(8)20-14-7-11(18)10(17)6-12(14)19-15(20)21/h3-7H,2H2,1H3,(H,19,21). The zero-order valence-electron chi connectivity index (χ0n) is 11.1. The van der Waals surface area contributed by atoms with Crippen LogP contribution in [0.5, 0.6) is 0 Å². The van der Waals surface area contributed by atoms with Crippen LogP contribution in [0.3, 0.4) is 0 Å². The average molecular weight is 386 g/mol. The predicted molar refractivity (Wildman–Crippen MR) is 90.5 cm³/mol. The Balaban J connectivity index is 2.38. The van der Waals surface area contributed by atoms with Gasteiger partial charge in [-0.2, -0.15) is 0 Å². The van der Waals surface area contributed by atoms with Gasteiger partial charge < -0.3 is 4.98 Å². The summed E-state index contributed by atoms with van der Waals surface area (Å²) in [6.45, 7) is 2.07. The Labute approximate surface area is 139 Å². The van der Waals surface area contributed by atoms with E-state index < -0.39 is 5.82 Å². The number of hydrogen-bond donors (Lipinski definition) is 1. The van der Waals surface area contributed by atoms with Crippen LogP contribution in [0.15, 0.2) is 34.8 Å². The zero-order chi connectivity index (χ0) is 15.1. The van der Waals surface area contributed by atoms with Gasteiger partial charge in [-0.05, 0) is 48.5 Å². The highest BCUT2D eigenvalue weighted by atomic mass is 79.9. The summed E-state index contributed by atoms with van der Waals surface area (Å²) in [6.07, 6.45) is 0.847. The molecule has 1 heterocycles. The second kappa shape index (κ2) is 5.55. The van der Waals surface area contributed by atoms with Crippen molar-refractivity contribution in [1.82, 2.24) is 9.55 Å². The fourth-order valence-corrected chi connectivity index (χ4v) is 3.28. The van der Waals surface area contributed by atoms with Crippen molar-refractivity contribution in [3.63, 3.8) is 0 Å². The molecule has 2 nitrogen and oxygen atoms in total. The summed E-state index contributed by atoms with van der Waals surface area (Å²) in [6, 6.07) is 8.93. The summed E-state index contributed by atoms with van der Waals surface area (Å²) in [5, 5.41) is 0.0809. The van der Waals surface area contributed by atoms with Gasteiger partial charge in [0.1, 0.15) is 5.82 Å². The van der Waals surface area contributed by atoms with E-state index in [-0.39, 0.29) is 5.02 Å². The summed E-state index contributed by atoms with van der Waals surface area (Å²) < 4.78 is 17.2. The van der Waals surface area contributed by atoms with Crippen LogP contribution in [0.4, 0.5) is 4.39 Å². The van der Waals surface area contributed by atoms with Gasteiger partial charge in [-0.1, -0.05) is 34.5 Å². The Morgan fingerprint density at radius 3 is 2.81 bits per heavy atom. The quantitative estimate of drug-likeness (QED) is 0.552. The molecular weight excluding hydrogens is 375 g/mol. The molecule has 1 N–H and O–H groups in total. The number of H-pyrrole nitrogens is 1.